The molecule has 3 amide bonds. The lowest BCUT2D eigenvalue weighted by Gasteiger charge is -2.44. The van der Waals surface area contributed by atoms with Gasteiger partial charge in [-0.25, -0.2) is 4.79 Å². The highest BCUT2D eigenvalue weighted by atomic mass is 32.1. The van der Waals surface area contributed by atoms with E-state index < -0.39 is 23.8 Å². The van der Waals surface area contributed by atoms with Crippen LogP contribution in [0.3, 0.4) is 0 Å². The van der Waals surface area contributed by atoms with Crippen LogP contribution in [-0.2, 0) is 14.3 Å². The molecule has 1 saturated carbocycles. The van der Waals surface area contributed by atoms with Crippen LogP contribution in [0.2, 0.25) is 0 Å². The fourth-order valence-electron chi connectivity index (χ4n) is 4.31. The number of hydrogen-bond donors (Lipinski definition) is 3. The molecule has 0 heterocycles. The Balaban J connectivity index is 2.48. The second-order valence-electron chi connectivity index (χ2n) is 10.6. The van der Waals surface area contributed by atoms with E-state index in [2.05, 4.69) is 30.2 Å². The maximum absolute atomic E-state index is 14.0. The Morgan fingerprint density at radius 3 is 2.34 bits per heavy atom. The quantitative estimate of drug-likeness (QED) is 0.397. The molecular weight excluding hydrogens is 462 g/mol. The number of thiol groups is 1. The molecule has 3 atom stereocenters. The van der Waals surface area contributed by atoms with Gasteiger partial charge in [-0.1, -0.05) is 31.5 Å². The minimum atomic E-state index is -0.915. The molecule has 0 aromatic heterocycles. The van der Waals surface area contributed by atoms with Crippen molar-refractivity contribution in [3.63, 3.8) is 0 Å². The minimum Gasteiger partial charge on any atom is -0.444 e. The molecule has 0 radical (unpaired) electrons. The Bertz CT molecular complexity index is 895. The molecule has 0 bridgehead atoms. The van der Waals surface area contributed by atoms with Crippen LogP contribution in [0.4, 0.5) is 4.79 Å². The molecule has 35 heavy (non-hydrogen) atoms. The van der Waals surface area contributed by atoms with E-state index >= 15 is 0 Å². The van der Waals surface area contributed by atoms with Gasteiger partial charge < -0.3 is 20.3 Å². The smallest absolute Gasteiger partial charge is 0.408 e. The van der Waals surface area contributed by atoms with Crippen molar-refractivity contribution in [1.82, 2.24) is 15.5 Å². The summed E-state index contributed by atoms with van der Waals surface area (Å²) in [5, 5.41) is 5.81. The second-order valence-corrected chi connectivity index (χ2v) is 11.0. The summed E-state index contributed by atoms with van der Waals surface area (Å²) < 4.78 is 5.37. The SMILES string of the molecule is CCCC(C)NC(=O)C(c1cccc(C)c1C)N(C(=O)C(CS)NC(=O)OC(C)(C)C)C1CCC1. The molecule has 1 aliphatic rings. The number of benzene rings is 1. The third-order valence-corrected chi connectivity index (χ3v) is 6.84. The van der Waals surface area contributed by atoms with Gasteiger partial charge >= 0.3 is 6.09 Å². The van der Waals surface area contributed by atoms with E-state index in [-0.39, 0.29) is 29.7 Å². The molecule has 3 unspecified atom stereocenters. The minimum absolute atomic E-state index is 0.0148. The van der Waals surface area contributed by atoms with Crippen molar-refractivity contribution in [1.29, 1.82) is 0 Å². The Morgan fingerprint density at radius 2 is 1.83 bits per heavy atom. The fraction of sp³-hybridized carbons (Fsp3) is 0.667. The first kappa shape index (κ1) is 29.0. The van der Waals surface area contributed by atoms with E-state index in [1.807, 2.05) is 39.0 Å². The summed E-state index contributed by atoms with van der Waals surface area (Å²) >= 11 is 4.36. The maximum Gasteiger partial charge on any atom is 0.408 e. The van der Waals surface area contributed by atoms with Gasteiger partial charge in [-0.3, -0.25) is 9.59 Å². The number of rotatable bonds is 10. The molecule has 196 valence electrons. The van der Waals surface area contributed by atoms with Gasteiger partial charge in [-0.15, -0.1) is 0 Å². The molecule has 1 fully saturated rings. The largest absolute Gasteiger partial charge is 0.444 e. The zero-order valence-electron chi connectivity index (χ0n) is 22.3. The van der Waals surface area contributed by atoms with Crippen molar-refractivity contribution in [3.05, 3.63) is 34.9 Å². The van der Waals surface area contributed by atoms with Crippen LogP contribution in [-0.4, -0.2) is 52.3 Å². The highest BCUT2D eigenvalue weighted by molar-refractivity contribution is 7.80. The Hall–Kier alpha value is -2.22. The summed E-state index contributed by atoms with van der Waals surface area (Å²) in [4.78, 5) is 41.9. The van der Waals surface area contributed by atoms with Gasteiger partial charge in [0.25, 0.3) is 0 Å². The van der Waals surface area contributed by atoms with Gasteiger partial charge in [0.15, 0.2) is 0 Å². The van der Waals surface area contributed by atoms with Crippen molar-refractivity contribution in [2.75, 3.05) is 5.75 Å². The topological polar surface area (TPSA) is 87.7 Å². The average Bonchev–Trinajstić information content (AvgIpc) is 2.71. The lowest BCUT2D eigenvalue weighted by molar-refractivity contribution is -0.147. The first-order chi connectivity index (χ1) is 16.4. The zero-order valence-corrected chi connectivity index (χ0v) is 23.2. The molecule has 2 rings (SSSR count). The number of carbonyl (C=O) groups excluding carboxylic acids is 3. The fourth-order valence-corrected chi connectivity index (χ4v) is 4.56. The number of aryl methyl sites for hydroxylation is 1. The van der Waals surface area contributed by atoms with Gasteiger partial charge in [-0.05, 0) is 83.9 Å². The molecule has 7 nitrogen and oxygen atoms in total. The molecule has 0 saturated heterocycles. The number of amides is 3. The molecule has 2 N–H and O–H groups in total. The molecule has 0 aliphatic heterocycles. The number of alkyl carbamates (subject to hydrolysis) is 1. The number of nitrogens with one attached hydrogen (secondary N) is 2. The Labute approximate surface area is 216 Å². The van der Waals surface area contributed by atoms with Crippen LogP contribution in [0.15, 0.2) is 18.2 Å². The summed E-state index contributed by atoms with van der Waals surface area (Å²) in [6.45, 7) is 13.4. The van der Waals surface area contributed by atoms with E-state index in [1.54, 1.807) is 25.7 Å². The van der Waals surface area contributed by atoms with Crippen molar-refractivity contribution in [2.45, 2.75) is 110 Å². The van der Waals surface area contributed by atoms with Gasteiger partial charge in [0.05, 0.1) is 0 Å². The van der Waals surface area contributed by atoms with E-state index in [0.717, 1.165) is 48.8 Å². The summed E-state index contributed by atoms with van der Waals surface area (Å²) in [6, 6.07) is 4.04. The third-order valence-electron chi connectivity index (χ3n) is 6.47. The van der Waals surface area contributed by atoms with Crippen molar-refractivity contribution in [2.24, 2.45) is 0 Å². The molecule has 0 spiro atoms. The first-order valence-electron chi connectivity index (χ1n) is 12.7. The first-order valence-corrected chi connectivity index (χ1v) is 13.3. The van der Waals surface area contributed by atoms with Crippen LogP contribution in [0.5, 0.6) is 0 Å². The van der Waals surface area contributed by atoms with Crippen molar-refractivity contribution in [3.8, 4) is 0 Å². The van der Waals surface area contributed by atoms with Crippen LogP contribution < -0.4 is 10.6 Å². The zero-order chi connectivity index (χ0) is 26.3. The van der Waals surface area contributed by atoms with E-state index in [9.17, 15) is 14.4 Å². The van der Waals surface area contributed by atoms with Crippen LogP contribution >= 0.6 is 12.6 Å². The second kappa shape index (κ2) is 12.7. The number of carbonyl (C=O) groups is 3. The predicted octanol–water partition coefficient (Wildman–Crippen LogP) is 4.85. The normalized spacial score (nSPS) is 16.5. The van der Waals surface area contributed by atoms with Crippen LogP contribution in [0, 0.1) is 13.8 Å². The van der Waals surface area contributed by atoms with Crippen molar-refractivity contribution >= 4 is 30.5 Å². The Kier molecular flexibility index (Phi) is 10.5. The van der Waals surface area contributed by atoms with Gasteiger partial charge in [-0.2, -0.15) is 12.6 Å². The lowest BCUT2D eigenvalue weighted by atomic mass is 9.86. The Morgan fingerprint density at radius 1 is 1.17 bits per heavy atom. The molecule has 8 heteroatoms. The molecule has 1 aromatic carbocycles. The van der Waals surface area contributed by atoms with Crippen LogP contribution in [0.1, 0.15) is 89.5 Å². The van der Waals surface area contributed by atoms with Crippen LogP contribution in [0.25, 0.3) is 0 Å². The average molecular weight is 506 g/mol. The molecular formula is C27H43N3O4S. The maximum atomic E-state index is 14.0. The number of hydrogen-bond acceptors (Lipinski definition) is 5. The monoisotopic (exact) mass is 505 g/mol. The summed E-state index contributed by atoms with van der Waals surface area (Å²) in [5.74, 6) is -0.427. The van der Waals surface area contributed by atoms with E-state index in [0.29, 0.717) is 0 Å². The van der Waals surface area contributed by atoms with Gasteiger partial charge in [0, 0.05) is 17.8 Å². The third kappa shape index (κ3) is 7.89. The van der Waals surface area contributed by atoms with E-state index in [4.69, 9.17) is 4.74 Å². The highest BCUT2D eigenvalue weighted by Gasteiger charge is 2.42. The standard InChI is InChI=1S/C27H43N3O4S/c1-8-11-18(3)28-24(31)23(21-15-9-12-17(2)19(21)4)30(20-13-10-14-20)25(32)22(16-35)29-26(33)34-27(5,6)7/h9,12,15,18,20,22-23,35H,8,10-11,13-14,16H2,1-7H3,(H,28,31)(H,29,33). The van der Waals surface area contributed by atoms with Gasteiger partial charge in [0.2, 0.25) is 11.8 Å². The summed E-state index contributed by atoms with van der Waals surface area (Å²) in [6.07, 6.45) is 3.74. The number of nitrogens with zero attached hydrogens (tertiary/aromatic N) is 1. The van der Waals surface area contributed by atoms with Gasteiger partial charge in [0.1, 0.15) is 17.7 Å². The lowest BCUT2D eigenvalue weighted by Crippen LogP contribution is -2.58. The number of ether oxygens (including phenoxy) is 1. The van der Waals surface area contributed by atoms with Crippen molar-refractivity contribution < 1.29 is 19.1 Å². The predicted molar refractivity (Wildman–Crippen MR) is 143 cm³/mol. The van der Waals surface area contributed by atoms with E-state index in [1.165, 1.54) is 0 Å². The molecule has 1 aliphatic carbocycles. The summed E-state index contributed by atoms with van der Waals surface area (Å²) in [7, 11) is 0. The molecule has 1 aromatic rings. The highest BCUT2D eigenvalue weighted by Crippen LogP contribution is 2.35. The summed E-state index contributed by atoms with van der Waals surface area (Å²) in [5.41, 5.74) is 2.15.